The van der Waals surface area contributed by atoms with Crippen molar-refractivity contribution in [1.29, 1.82) is 0 Å². The SMILES string of the molecule is CCOc1nccc(CN)c1N1CCCC1. The van der Waals surface area contributed by atoms with Crippen molar-refractivity contribution in [3.05, 3.63) is 17.8 Å². The average molecular weight is 221 g/mol. The molecular formula is C12H19N3O. The van der Waals surface area contributed by atoms with Gasteiger partial charge in [0.15, 0.2) is 0 Å². The van der Waals surface area contributed by atoms with Crippen LogP contribution in [-0.4, -0.2) is 24.7 Å². The predicted molar refractivity (Wildman–Crippen MR) is 64.7 cm³/mol. The number of pyridine rings is 1. The minimum Gasteiger partial charge on any atom is -0.476 e. The van der Waals surface area contributed by atoms with Crippen molar-refractivity contribution in [2.24, 2.45) is 5.73 Å². The molecular weight excluding hydrogens is 202 g/mol. The van der Waals surface area contributed by atoms with E-state index in [1.807, 2.05) is 13.0 Å². The third-order valence-electron chi connectivity index (χ3n) is 2.90. The number of nitrogens with zero attached hydrogens (tertiary/aromatic N) is 2. The Kier molecular flexibility index (Phi) is 3.62. The van der Waals surface area contributed by atoms with Crippen LogP contribution in [0.3, 0.4) is 0 Å². The number of rotatable bonds is 4. The van der Waals surface area contributed by atoms with Gasteiger partial charge in [0.25, 0.3) is 0 Å². The Morgan fingerprint density at radius 3 is 2.81 bits per heavy atom. The highest BCUT2D eigenvalue weighted by Gasteiger charge is 2.20. The maximum absolute atomic E-state index is 5.77. The standard InChI is InChI=1S/C12H19N3O/c1-2-16-12-11(15-7-3-4-8-15)10(9-13)5-6-14-12/h5-6H,2-4,7-9,13H2,1H3. The summed E-state index contributed by atoms with van der Waals surface area (Å²) in [6.07, 6.45) is 4.25. The van der Waals surface area contributed by atoms with Crippen molar-refractivity contribution >= 4 is 5.69 Å². The van der Waals surface area contributed by atoms with Crippen LogP contribution in [0.2, 0.25) is 0 Å². The first kappa shape index (κ1) is 11.2. The van der Waals surface area contributed by atoms with Crippen LogP contribution in [0.15, 0.2) is 12.3 Å². The summed E-state index contributed by atoms with van der Waals surface area (Å²) in [5, 5.41) is 0. The summed E-state index contributed by atoms with van der Waals surface area (Å²) in [6.45, 7) is 5.32. The van der Waals surface area contributed by atoms with Gasteiger partial charge in [-0.15, -0.1) is 0 Å². The number of nitrogens with two attached hydrogens (primary N) is 1. The van der Waals surface area contributed by atoms with Gasteiger partial charge in [-0.1, -0.05) is 0 Å². The smallest absolute Gasteiger partial charge is 0.237 e. The lowest BCUT2D eigenvalue weighted by atomic mass is 10.2. The monoisotopic (exact) mass is 221 g/mol. The largest absolute Gasteiger partial charge is 0.476 e. The number of ether oxygens (including phenoxy) is 1. The van der Waals surface area contributed by atoms with E-state index >= 15 is 0 Å². The second kappa shape index (κ2) is 5.16. The third kappa shape index (κ3) is 2.11. The summed E-state index contributed by atoms with van der Waals surface area (Å²) in [4.78, 5) is 6.64. The fraction of sp³-hybridized carbons (Fsp3) is 0.583. The lowest BCUT2D eigenvalue weighted by Gasteiger charge is -2.22. The van der Waals surface area contributed by atoms with Crippen molar-refractivity contribution in [3.8, 4) is 5.88 Å². The maximum Gasteiger partial charge on any atom is 0.237 e. The second-order valence-electron chi connectivity index (χ2n) is 3.96. The van der Waals surface area contributed by atoms with Crippen LogP contribution < -0.4 is 15.4 Å². The molecule has 0 radical (unpaired) electrons. The van der Waals surface area contributed by atoms with Crippen LogP contribution >= 0.6 is 0 Å². The van der Waals surface area contributed by atoms with Crippen LogP contribution in [-0.2, 0) is 6.54 Å². The molecule has 0 atom stereocenters. The van der Waals surface area contributed by atoms with Crippen LogP contribution in [0.1, 0.15) is 25.3 Å². The van der Waals surface area contributed by atoms with Gasteiger partial charge in [-0.05, 0) is 31.4 Å². The van der Waals surface area contributed by atoms with Crippen molar-refractivity contribution in [1.82, 2.24) is 4.98 Å². The quantitative estimate of drug-likeness (QED) is 0.838. The predicted octanol–water partition coefficient (Wildman–Crippen LogP) is 1.54. The van der Waals surface area contributed by atoms with Gasteiger partial charge in [0.05, 0.1) is 6.61 Å². The molecule has 2 heterocycles. The zero-order valence-electron chi connectivity index (χ0n) is 9.78. The van der Waals surface area contributed by atoms with Crippen LogP contribution in [0.5, 0.6) is 5.88 Å². The third-order valence-corrected chi connectivity index (χ3v) is 2.90. The molecule has 4 nitrogen and oxygen atoms in total. The summed E-state index contributed by atoms with van der Waals surface area (Å²) in [7, 11) is 0. The van der Waals surface area contributed by atoms with E-state index in [1.54, 1.807) is 6.20 Å². The van der Waals surface area contributed by atoms with Gasteiger partial charge < -0.3 is 15.4 Å². The van der Waals surface area contributed by atoms with Crippen molar-refractivity contribution in [2.75, 3.05) is 24.6 Å². The molecule has 0 bridgehead atoms. The van der Waals surface area contributed by atoms with Gasteiger partial charge in [0.1, 0.15) is 5.69 Å². The van der Waals surface area contributed by atoms with E-state index in [9.17, 15) is 0 Å². The highest BCUT2D eigenvalue weighted by Crippen LogP contribution is 2.32. The minimum absolute atomic E-state index is 0.536. The van der Waals surface area contributed by atoms with Crippen LogP contribution in [0, 0.1) is 0 Å². The molecule has 0 unspecified atom stereocenters. The molecule has 1 fully saturated rings. The van der Waals surface area contributed by atoms with Gasteiger partial charge in [-0.3, -0.25) is 0 Å². The number of anilines is 1. The number of hydrogen-bond donors (Lipinski definition) is 1. The lowest BCUT2D eigenvalue weighted by molar-refractivity contribution is 0.327. The molecule has 0 spiro atoms. The fourth-order valence-electron chi connectivity index (χ4n) is 2.16. The molecule has 4 heteroatoms. The molecule has 1 aromatic heterocycles. The first-order valence-electron chi connectivity index (χ1n) is 5.92. The number of hydrogen-bond acceptors (Lipinski definition) is 4. The molecule has 0 amide bonds. The van der Waals surface area contributed by atoms with Gasteiger partial charge in [0, 0.05) is 25.8 Å². The van der Waals surface area contributed by atoms with Gasteiger partial charge >= 0.3 is 0 Å². The summed E-state index contributed by atoms with van der Waals surface area (Å²) in [6, 6.07) is 1.98. The zero-order chi connectivity index (χ0) is 11.4. The van der Waals surface area contributed by atoms with Crippen molar-refractivity contribution < 1.29 is 4.74 Å². The Hall–Kier alpha value is -1.29. The summed E-state index contributed by atoms with van der Waals surface area (Å²) >= 11 is 0. The molecule has 1 aliphatic rings. The minimum atomic E-state index is 0.536. The summed E-state index contributed by atoms with van der Waals surface area (Å²) in [5.74, 6) is 0.729. The maximum atomic E-state index is 5.77. The fourth-order valence-corrected chi connectivity index (χ4v) is 2.16. The molecule has 0 aromatic carbocycles. The van der Waals surface area contributed by atoms with E-state index in [4.69, 9.17) is 10.5 Å². The van der Waals surface area contributed by atoms with Gasteiger partial charge in [0.2, 0.25) is 5.88 Å². The normalized spacial score (nSPS) is 15.5. The molecule has 16 heavy (non-hydrogen) atoms. The Morgan fingerprint density at radius 1 is 1.44 bits per heavy atom. The highest BCUT2D eigenvalue weighted by molar-refractivity contribution is 5.61. The van der Waals surface area contributed by atoms with Gasteiger partial charge in [-0.2, -0.15) is 0 Å². The van der Waals surface area contributed by atoms with Gasteiger partial charge in [-0.25, -0.2) is 4.98 Å². The summed E-state index contributed by atoms with van der Waals surface area (Å²) < 4.78 is 5.58. The number of aromatic nitrogens is 1. The lowest BCUT2D eigenvalue weighted by Crippen LogP contribution is -2.21. The average Bonchev–Trinajstić information content (AvgIpc) is 2.82. The Balaban J connectivity index is 2.36. The van der Waals surface area contributed by atoms with E-state index in [0.717, 1.165) is 30.2 Å². The first-order chi connectivity index (χ1) is 7.86. The Bertz CT molecular complexity index is 348. The highest BCUT2D eigenvalue weighted by atomic mass is 16.5. The van der Waals surface area contributed by atoms with E-state index in [0.29, 0.717) is 13.2 Å². The summed E-state index contributed by atoms with van der Waals surface area (Å²) in [5.41, 5.74) is 8.00. The first-order valence-corrected chi connectivity index (χ1v) is 5.92. The van der Waals surface area contributed by atoms with E-state index in [-0.39, 0.29) is 0 Å². The van der Waals surface area contributed by atoms with Crippen LogP contribution in [0.4, 0.5) is 5.69 Å². The zero-order valence-corrected chi connectivity index (χ0v) is 9.78. The molecule has 0 saturated carbocycles. The molecule has 2 rings (SSSR count). The van der Waals surface area contributed by atoms with Crippen LogP contribution in [0.25, 0.3) is 0 Å². The van der Waals surface area contributed by atoms with E-state index in [2.05, 4.69) is 9.88 Å². The van der Waals surface area contributed by atoms with E-state index in [1.165, 1.54) is 12.8 Å². The molecule has 1 aromatic rings. The van der Waals surface area contributed by atoms with Crippen molar-refractivity contribution in [3.63, 3.8) is 0 Å². The molecule has 88 valence electrons. The second-order valence-corrected chi connectivity index (χ2v) is 3.96. The Labute approximate surface area is 96.4 Å². The topological polar surface area (TPSA) is 51.4 Å². The molecule has 1 aliphatic heterocycles. The molecule has 2 N–H and O–H groups in total. The Morgan fingerprint density at radius 2 is 2.19 bits per heavy atom. The molecule has 1 saturated heterocycles. The molecule has 0 aliphatic carbocycles. The van der Waals surface area contributed by atoms with E-state index < -0.39 is 0 Å². The van der Waals surface area contributed by atoms with Crippen molar-refractivity contribution in [2.45, 2.75) is 26.3 Å².